The van der Waals surface area contributed by atoms with Crippen LogP contribution in [0.25, 0.3) is 0 Å². The molecule has 1 heterocycles. The van der Waals surface area contributed by atoms with E-state index in [-0.39, 0.29) is 6.10 Å². The van der Waals surface area contributed by atoms with Gasteiger partial charge in [0.2, 0.25) is 5.91 Å². The number of hydrogen-bond acceptors (Lipinski definition) is 2. The van der Waals surface area contributed by atoms with Gasteiger partial charge in [0.05, 0.1) is 6.10 Å². The van der Waals surface area contributed by atoms with Crippen molar-refractivity contribution in [3.8, 4) is 0 Å². The maximum absolute atomic E-state index is 12.2. The summed E-state index contributed by atoms with van der Waals surface area (Å²) >= 11 is 0. The molecule has 2 bridgehead atoms. The molecule has 4 unspecified atom stereocenters. The molecule has 0 aromatic carbocycles. The third-order valence-corrected chi connectivity index (χ3v) is 5.07. The average molecular weight is 237 g/mol. The fourth-order valence-corrected chi connectivity index (χ4v) is 4.16. The molecule has 0 radical (unpaired) electrons. The standard InChI is InChI=1S/C14H23NO2/c16-13-2-1-5-15(9-13)14(17)8-12-7-10-3-4-11(12)6-10/h10-13,16H,1-9H2. The van der Waals surface area contributed by atoms with Gasteiger partial charge in [-0.15, -0.1) is 0 Å². The number of carbonyl (C=O) groups is 1. The second-order valence-corrected chi connectivity index (χ2v) is 6.27. The predicted molar refractivity (Wildman–Crippen MR) is 65.4 cm³/mol. The SMILES string of the molecule is O=C(CC1CC2CCC1C2)N1CCCC(O)C1. The van der Waals surface area contributed by atoms with E-state index in [1.165, 1.54) is 25.7 Å². The third kappa shape index (κ3) is 2.35. The molecular formula is C14H23NO2. The fraction of sp³-hybridized carbons (Fsp3) is 0.929. The van der Waals surface area contributed by atoms with Crippen LogP contribution in [0.2, 0.25) is 0 Å². The van der Waals surface area contributed by atoms with E-state index in [4.69, 9.17) is 0 Å². The van der Waals surface area contributed by atoms with Gasteiger partial charge >= 0.3 is 0 Å². The number of rotatable bonds is 2. The highest BCUT2D eigenvalue weighted by Gasteiger charge is 2.40. The van der Waals surface area contributed by atoms with Crippen molar-refractivity contribution in [1.82, 2.24) is 4.90 Å². The molecule has 0 aromatic heterocycles. The molecule has 4 atom stereocenters. The first-order valence-electron chi connectivity index (χ1n) is 7.18. The molecular weight excluding hydrogens is 214 g/mol. The Labute approximate surface area is 103 Å². The molecule has 17 heavy (non-hydrogen) atoms. The zero-order valence-corrected chi connectivity index (χ0v) is 10.5. The highest BCUT2D eigenvalue weighted by Crippen LogP contribution is 2.49. The molecule has 3 rings (SSSR count). The van der Waals surface area contributed by atoms with Crippen LogP contribution in [0.1, 0.15) is 44.9 Å². The molecule has 0 spiro atoms. The molecule has 2 aliphatic carbocycles. The van der Waals surface area contributed by atoms with Crippen molar-refractivity contribution in [2.45, 2.75) is 51.0 Å². The largest absolute Gasteiger partial charge is 0.391 e. The van der Waals surface area contributed by atoms with Gasteiger partial charge in [-0.1, -0.05) is 6.42 Å². The van der Waals surface area contributed by atoms with E-state index < -0.39 is 0 Å². The Morgan fingerprint density at radius 3 is 2.76 bits per heavy atom. The molecule has 3 aliphatic rings. The van der Waals surface area contributed by atoms with E-state index in [9.17, 15) is 9.90 Å². The van der Waals surface area contributed by atoms with E-state index in [0.29, 0.717) is 18.4 Å². The van der Waals surface area contributed by atoms with Crippen molar-refractivity contribution in [2.24, 2.45) is 17.8 Å². The lowest BCUT2D eigenvalue weighted by molar-refractivity contribution is -0.135. The van der Waals surface area contributed by atoms with Crippen molar-refractivity contribution in [2.75, 3.05) is 13.1 Å². The summed E-state index contributed by atoms with van der Waals surface area (Å²) in [6, 6.07) is 0. The maximum Gasteiger partial charge on any atom is 0.222 e. The summed E-state index contributed by atoms with van der Waals surface area (Å²) in [6.45, 7) is 1.43. The van der Waals surface area contributed by atoms with Gasteiger partial charge in [0, 0.05) is 19.5 Å². The number of aliphatic hydroxyl groups excluding tert-OH is 1. The highest BCUT2D eigenvalue weighted by molar-refractivity contribution is 5.76. The number of aliphatic hydroxyl groups is 1. The number of carbonyl (C=O) groups excluding carboxylic acids is 1. The van der Waals surface area contributed by atoms with Crippen LogP contribution in [-0.4, -0.2) is 35.1 Å². The summed E-state index contributed by atoms with van der Waals surface area (Å²) in [5.41, 5.74) is 0. The van der Waals surface area contributed by atoms with Crippen molar-refractivity contribution < 1.29 is 9.90 Å². The molecule has 1 aliphatic heterocycles. The van der Waals surface area contributed by atoms with E-state index in [0.717, 1.165) is 37.6 Å². The van der Waals surface area contributed by atoms with Gasteiger partial charge < -0.3 is 10.0 Å². The molecule has 1 amide bonds. The Morgan fingerprint density at radius 2 is 2.12 bits per heavy atom. The summed E-state index contributed by atoms with van der Waals surface area (Å²) in [7, 11) is 0. The van der Waals surface area contributed by atoms with Gasteiger partial charge in [0.25, 0.3) is 0 Å². The topological polar surface area (TPSA) is 40.5 Å². The maximum atomic E-state index is 12.2. The summed E-state index contributed by atoms with van der Waals surface area (Å²) in [6.07, 6.45) is 7.69. The van der Waals surface area contributed by atoms with Crippen LogP contribution in [0.4, 0.5) is 0 Å². The molecule has 1 N–H and O–H groups in total. The van der Waals surface area contributed by atoms with Crippen molar-refractivity contribution in [3.05, 3.63) is 0 Å². The minimum Gasteiger partial charge on any atom is -0.391 e. The van der Waals surface area contributed by atoms with Gasteiger partial charge in [-0.2, -0.15) is 0 Å². The Balaban J connectivity index is 1.53. The number of piperidine rings is 1. The average Bonchev–Trinajstić information content (AvgIpc) is 2.91. The second kappa shape index (κ2) is 4.60. The first-order valence-corrected chi connectivity index (χ1v) is 7.18. The monoisotopic (exact) mass is 237 g/mol. The van der Waals surface area contributed by atoms with E-state index in [2.05, 4.69) is 0 Å². The minimum absolute atomic E-state index is 0.285. The lowest BCUT2D eigenvalue weighted by Crippen LogP contribution is -2.43. The van der Waals surface area contributed by atoms with Crippen molar-refractivity contribution >= 4 is 5.91 Å². The van der Waals surface area contributed by atoms with Crippen LogP contribution in [0.5, 0.6) is 0 Å². The second-order valence-electron chi connectivity index (χ2n) is 6.27. The van der Waals surface area contributed by atoms with E-state index >= 15 is 0 Å². The van der Waals surface area contributed by atoms with Gasteiger partial charge in [0.15, 0.2) is 0 Å². The Hall–Kier alpha value is -0.570. The molecule has 2 saturated carbocycles. The smallest absolute Gasteiger partial charge is 0.222 e. The number of hydrogen-bond donors (Lipinski definition) is 1. The highest BCUT2D eigenvalue weighted by atomic mass is 16.3. The molecule has 3 fully saturated rings. The number of nitrogens with zero attached hydrogens (tertiary/aromatic N) is 1. The first-order chi connectivity index (χ1) is 8.22. The summed E-state index contributed by atoms with van der Waals surface area (Å²) < 4.78 is 0. The van der Waals surface area contributed by atoms with Crippen LogP contribution < -0.4 is 0 Å². The normalized spacial score (nSPS) is 40.9. The van der Waals surface area contributed by atoms with Crippen molar-refractivity contribution in [1.29, 1.82) is 0 Å². The summed E-state index contributed by atoms with van der Waals surface area (Å²) in [4.78, 5) is 14.1. The Morgan fingerprint density at radius 1 is 1.24 bits per heavy atom. The Bertz CT molecular complexity index is 305. The number of likely N-dealkylation sites (tertiary alicyclic amines) is 1. The zero-order valence-electron chi connectivity index (χ0n) is 10.5. The van der Waals surface area contributed by atoms with Gasteiger partial charge in [-0.05, 0) is 49.9 Å². The number of amides is 1. The molecule has 3 heteroatoms. The third-order valence-electron chi connectivity index (χ3n) is 5.07. The van der Waals surface area contributed by atoms with Gasteiger partial charge in [-0.25, -0.2) is 0 Å². The van der Waals surface area contributed by atoms with Crippen LogP contribution in [0.15, 0.2) is 0 Å². The summed E-state index contributed by atoms with van der Waals surface area (Å²) in [5, 5.41) is 9.60. The van der Waals surface area contributed by atoms with Crippen LogP contribution >= 0.6 is 0 Å². The lowest BCUT2D eigenvalue weighted by atomic mass is 9.86. The molecule has 3 nitrogen and oxygen atoms in total. The molecule has 1 saturated heterocycles. The Kier molecular flexibility index (Phi) is 3.12. The molecule has 96 valence electrons. The predicted octanol–water partition coefficient (Wildman–Crippen LogP) is 1.80. The minimum atomic E-state index is -0.285. The van der Waals surface area contributed by atoms with Gasteiger partial charge in [-0.3, -0.25) is 4.79 Å². The van der Waals surface area contributed by atoms with E-state index in [1.807, 2.05) is 4.90 Å². The molecule has 0 aromatic rings. The summed E-state index contributed by atoms with van der Waals surface area (Å²) in [5.74, 6) is 2.70. The quantitative estimate of drug-likeness (QED) is 0.795. The lowest BCUT2D eigenvalue weighted by Gasteiger charge is -2.32. The van der Waals surface area contributed by atoms with Crippen LogP contribution in [0, 0.1) is 17.8 Å². The number of β-amino-alcohol motifs (C(OH)–C–C–N with tert-alkyl or cyclic N) is 1. The van der Waals surface area contributed by atoms with E-state index in [1.54, 1.807) is 0 Å². The zero-order chi connectivity index (χ0) is 11.8. The first kappa shape index (κ1) is 11.5. The number of fused-ring (bicyclic) bond motifs is 2. The fourth-order valence-electron chi connectivity index (χ4n) is 4.16. The van der Waals surface area contributed by atoms with Gasteiger partial charge in [0.1, 0.15) is 0 Å². The van der Waals surface area contributed by atoms with Crippen LogP contribution in [0.3, 0.4) is 0 Å². The van der Waals surface area contributed by atoms with Crippen molar-refractivity contribution in [3.63, 3.8) is 0 Å². The van der Waals surface area contributed by atoms with Crippen LogP contribution in [-0.2, 0) is 4.79 Å².